The zero-order chi connectivity index (χ0) is 9.84. The van der Waals surface area contributed by atoms with E-state index in [-0.39, 0.29) is 5.91 Å². The van der Waals surface area contributed by atoms with Crippen LogP contribution in [0.25, 0.3) is 0 Å². The van der Waals surface area contributed by atoms with Gasteiger partial charge in [0, 0.05) is 0 Å². The summed E-state index contributed by atoms with van der Waals surface area (Å²) < 4.78 is 0. The number of nitrogens with zero attached hydrogens (tertiary/aromatic N) is 1. The monoisotopic (exact) mass is 200 g/mol. The number of rotatable bonds is 3. The summed E-state index contributed by atoms with van der Waals surface area (Å²) in [5.74, 6) is -0.218. The van der Waals surface area contributed by atoms with Crippen LogP contribution in [0.15, 0.2) is 0 Å². The highest BCUT2D eigenvalue weighted by Gasteiger charge is 2.12. The maximum Gasteiger partial charge on any atom is 0.286 e. The molecule has 0 aliphatic carbocycles. The maximum atomic E-state index is 11.4. The summed E-state index contributed by atoms with van der Waals surface area (Å²) in [7, 11) is 0. The summed E-state index contributed by atoms with van der Waals surface area (Å²) in [6, 6.07) is 0. The van der Waals surface area contributed by atoms with Gasteiger partial charge in [-0.05, 0) is 20.8 Å². The fraction of sp³-hybridized carbons (Fsp3) is 0.500. The Balaban J connectivity index is 2.70. The van der Waals surface area contributed by atoms with Crippen LogP contribution in [0.4, 0.5) is 0 Å². The molecule has 1 heterocycles. The largest absolute Gasteiger partial charge is 0.286 e. The quantitative estimate of drug-likeness (QED) is 0.751. The van der Waals surface area contributed by atoms with Gasteiger partial charge in [-0.1, -0.05) is 0 Å². The summed E-state index contributed by atoms with van der Waals surface area (Å²) in [4.78, 5) is 20.9. The zero-order valence-electron chi connectivity index (χ0n) is 7.88. The Morgan fingerprint density at radius 2 is 2.31 bits per heavy atom. The molecule has 0 saturated heterocycles. The molecule has 1 amide bonds. The second-order valence-electron chi connectivity index (χ2n) is 2.51. The van der Waals surface area contributed by atoms with Crippen LogP contribution in [-0.4, -0.2) is 17.5 Å². The number of carbonyl (C=O) groups is 1. The molecule has 0 aromatic carbocycles. The van der Waals surface area contributed by atoms with Gasteiger partial charge in [-0.15, -0.1) is 11.3 Å². The van der Waals surface area contributed by atoms with Crippen LogP contribution in [0.1, 0.15) is 27.3 Å². The van der Waals surface area contributed by atoms with E-state index in [1.54, 1.807) is 0 Å². The van der Waals surface area contributed by atoms with Crippen molar-refractivity contribution in [2.75, 3.05) is 6.61 Å². The number of hydroxylamine groups is 1. The first kappa shape index (κ1) is 10.1. The molecule has 0 atom stereocenters. The SMILES string of the molecule is CCONC(=O)c1sc(C)nc1C. The Morgan fingerprint density at radius 3 is 2.77 bits per heavy atom. The van der Waals surface area contributed by atoms with Gasteiger partial charge in [0.1, 0.15) is 4.88 Å². The summed E-state index contributed by atoms with van der Waals surface area (Å²) in [6.45, 7) is 5.95. The lowest BCUT2D eigenvalue weighted by molar-refractivity contribution is 0.0367. The van der Waals surface area contributed by atoms with Gasteiger partial charge in [0.2, 0.25) is 0 Å². The average Bonchev–Trinajstić information content (AvgIpc) is 2.41. The van der Waals surface area contributed by atoms with Crippen LogP contribution in [-0.2, 0) is 4.84 Å². The minimum Gasteiger partial charge on any atom is -0.274 e. The summed E-state index contributed by atoms with van der Waals surface area (Å²) >= 11 is 1.37. The molecule has 0 unspecified atom stereocenters. The molecular weight excluding hydrogens is 188 g/mol. The van der Waals surface area contributed by atoms with Crippen LogP contribution in [0, 0.1) is 13.8 Å². The molecule has 1 N–H and O–H groups in total. The highest BCUT2D eigenvalue weighted by atomic mass is 32.1. The van der Waals surface area contributed by atoms with Crippen LogP contribution in [0.3, 0.4) is 0 Å². The molecule has 1 rings (SSSR count). The molecule has 4 nitrogen and oxygen atoms in total. The third-order valence-corrected chi connectivity index (χ3v) is 2.49. The van der Waals surface area contributed by atoms with Gasteiger partial charge in [0.15, 0.2) is 0 Å². The lowest BCUT2D eigenvalue weighted by Gasteiger charge is -2.00. The lowest BCUT2D eigenvalue weighted by Crippen LogP contribution is -2.23. The predicted molar refractivity (Wildman–Crippen MR) is 50.7 cm³/mol. The van der Waals surface area contributed by atoms with Crippen molar-refractivity contribution in [2.24, 2.45) is 0 Å². The molecule has 1 aromatic rings. The Hall–Kier alpha value is -0.940. The summed E-state index contributed by atoms with van der Waals surface area (Å²) in [5, 5.41) is 0.888. The van der Waals surface area contributed by atoms with Gasteiger partial charge in [-0.2, -0.15) is 0 Å². The Morgan fingerprint density at radius 1 is 1.62 bits per heavy atom. The molecule has 5 heteroatoms. The van der Waals surface area contributed by atoms with E-state index in [1.807, 2.05) is 20.8 Å². The number of amides is 1. The first-order valence-electron chi connectivity index (χ1n) is 4.01. The topological polar surface area (TPSA) is 51.2 Å². The minimum absolute atomic E-state index is 0.218. The van der Waals surface area contributed by atoms with E-state index >= 15 is 0 Å². The molecule has 0 aliphatic rings. The molecule has 1 aromatic heterocycles. The van der Waals surface area contributed by atoms with E-state index in [0.717, 1.165) is 10.7 Å². The number of hydrogen-bond acceptors (Lipinski definition) is 4. The fourth-order valence-corrected chi connectivity index (χ4v) is 1.73. The number of thiazole rings is 1. The van der Waals surface area contributed by atoms with E-state index in [2.05, 4.69) is 10.5 Å². The first-order valence-corrected chi connectivity index (χ1v) is 4.83. The third kappa shape index (κ3) is 2.50. The summed E-state index contributed by atoms with van der Waals surface area (Å²) in [6.07, 6.45) is 0. The van der Waals surface area contributed by atoms with E-state index in [1.165, 1.54) is 11.3 Å². The predicted octanol–water partition coefficient (Wildman–Crippen LogP) is 1.44. The number of hydrogen-bond donors (Lipinski definition) is 1. The molecule has 72 valence electrons. The second-order valence-corrected chi connectivity index (χ2v) is 3.71. The molecule has 0 saturated carbocycles. The Kier molecular flexibility index (Phi) is 3.39. The van der Waals surface area contributed by atoms with Gasteiger partial charge in [-0.25, -0.2) is 10.5 Å². The normalized spacial score (nSPS) is 10.1. The number of aromatic nitrogens is 1. The highest BCUT2D eigenvalue weighted by molar-refractivity contribution is 7.13. The van der Waals surface area contributed by atoms with Crippen LogP contribution in [0.5, 0.6) is 0 Å². The van der Waals surface area contributed by atoms with Crippen molar-refractivity contribution in [3.8, 4) is 0 Å². The van der Waals surface area contributed by atoms with Gasteiger partial charge < -0.3 is 0 Å². The Labute approximate surface area is 80.9 Å². The van der Waals surface area contributed by atoms with Gasteiger partial charge in [0.05, 0.1) is 17.3 Å². The number of carbonyl (C=O) groups excluding carboxylic acids is 1. The van der Waals surface area contributed by atoms with Crippen molar-refractivity contribution < 1.29 is 9.63 Å². The fourth-order valence-electron chi connectivity index (χ4n) is 0.926. The number of nitrogens with one attached hydrogen (secondary N) is 1. The van der Waals surface area contributed by atoms with Crippen LogP contribution < -0.4 is 5.48 Å². The number of aryl methyl sites for hydroxylation is 2. The highest BCUT2D eigenvalue weighted by Crippen LogP contribution is 2.16. The van der Waals surface area contributed by atoms with Crippen molar-refractivity contribution in [2.45, 2.75) is 20.8 Å². The van der Waals surface area contributed by atoms with Crippen molar-refractivity contribution in [1.82, 2.24) is 10.5 Å². The van der Waals surface area contributed by atoms with E-state index in [9.17, 15) is 4.79 Å². The molecular formula is C8H12N2O2S. The van der Waals surface area contributed by atoms with E-state index < -0.39 is 0 Å². The molecule has 0 bridgehead atoms. The first-order chi connectivity index (χ1) is 6.15. The van der Waals surface area contributed by atoms with Crippen molar-refractivity contribution in [1.29, 1.82) is 0 Å². The van der Waals surface area contributed by atoms with Crippen LogP contribution >= 0.6 is 11.3 Å². The third-order valence-electron chi connectivity index (χ3n) is 1.42. The molecule has 13 heavy (non-hydrogen) atoms. The van der Waals surface area contributed by atoms with Gasteiger partial charge >= 0.3 is 0 Å². The Bertz CT molecular complexity index is 309. The van der Waals surface area contributed by atoms with Crippen molar-refractivity contribution in [3.63, 3.8) is 0 Å². The zero-order valence-corrected chi connectivity index (χ0v) is 8.70. The smallest absolute Gasteiger partial charge is 0.274 e. The second kappa shape index (κ2) is 4.34. The molecule has 0 fully saturated rings. The van der Waals surface area contributed by atoms with E-state index in [4.69, 9.17) is 4.84 Å². The average molecular weight is 200 g/mol. The lowest BCUT2D eigenvalue weighted by atomic mass is 10.4. The van der Waals surface area contributed by atoms with Gasteiger partial charge in [0.25, 0.3) is 5.91 Å². The van der Waals surface area contributed by atoms with Crippen molar-refractivity contribution >= 4 is 17.2 Å². The summed E-state index contributed by atoms with van der Waals surface area (Å²) in [5.41, 5.74) is 3.08. The minimum atomic E-state index is -0.218. The maximum absolute atomic E-state index is 11.4. The molecule has 0 radical (unpaired) electrons. The van der Waals surface area contributed by atoms with E-state index in [0.29, 0.717) is 11.5 Å². The standard InChI is InChI=1S/C8H12N2O2S/c1-4-12-10-8(11)7-5(2)9-6(3)13-7/h4H2,1-3H3,(H,10,11). The van der Waals surface area contributed by atoms with Crippen molar-refractivity contribution in [3.05, 3.63) is 15.6 Å². The molecule has 0 spiro atoms. The van der Waals surface area contributed by atoms with Crippen LogP contribution in [0.2, 0.25) is 0 Å². The van der Waals surface area contributed by atoms with Gasteiger partial charge in [-0.3, -0.25) is 9.63 Å². The molecule has 0 aliphatic heterocycles.